The molecule has 0 N–H and O–H groups in total. The van der Waals surface area contributed by atoms with Gasteiger partial charge in [0.15, 0.2) is 12.4 Å². The third-order valence-corrected chi connectivity index (χ3v) is 4.22. The lowest BCUT2D eigenvalue weighted by Crippen LogP contribution is -2.14. The summed E-state index contributed by atoms with van der Waals surface area (Å²) in [4.78, 5) is 35.5. The molecule has 0 fully saturated rings. The smallest absolute Gasteiger partial charge is 0.374 e. The summed E-state index contributed by atoms with van der Waals surface area (Å²) < 4.78 is 10.5. The first-order valence-electron chi connectivity index (χ1n) is 8.12. The monoisotopic (exact) mass is 382 g/mol. The van der Waals surface area contributed by atoms with E-state index in [1.165, 1.54) is 13.0 Å². The Bertz CT molecular complexity index is 1000. The number of carbonyl (C=O) groups is 3. The topological polar surface area (TPSA) is 73.6 Å². The van der Waals surface area contributed by atoms with Crippen molar-refractivity contribution < 1.29 is 23.5 Å². The molecule has 5 nitrogen and oxygen atoms in total. The van der Waals surface area contributed by atoms with Crippen LogP contribution in [-0.4, -0.2) is 24.1 Å². The third-order valence-electron chi connectivity index (χ3n) is 3.89. The molecule has 2 aromatic carbocycles. The van der Waals surface area contributed by atoms with E-state index in [0.717, 1.165) is 0 Å². The first-order valence-corrected chi connectivity index (χ1v) is 8.49. The number of carbonyl (C=O) groups excluding carboxylic acids is 3. The average molecular weight is 383 g/mol. The summed E-state index contributed by atoms with van der Waals surface area (Å²) in [5, 5.41) is 0.299. The number of hydrogen-bond acceptors (Lipinski definition) is 5. The van der Waals surface area contributed by atoms with Gasteiger partial charge in [-0.2, -0.15) is 0 Å². The second kappa shape index (κ2) is 8.01. The Hall–Kier alpha value is -3.18. The van der Waals surface area contributed by atoms with Gasteiger partial charge in [0, 0.05) is 16.7 Å². The summed E-state index contributed by atoms with van der Waals surface area (Å²) in [5.74, 6) is -0.752. The minimum absolute atomic E-state index is 0.0207. The summed E-state index contributed by atoms with van der Waals surface area (Å²) >= 11 is 5.95. The van der Waals surface area contributed by atoms with Gasteiger partial charge < -0.3 is 9.15 Å². The van der Waals surface area contributed by atoms with Crippen LogP contribution < -0.4 is 0 Å². The number of furan rings is 1. The highest BCUT2D eigenvalue weighted by Gasteiger charge is 2.17. The van der Waals surface area contributed by atoms with Gasteiger partial charge in [-0.1, -0.05) is 48.0 Å². The highest BCUT2D eigenvalue weighted by Crippen LogP contribution is 2.23. The Morgan fingerprint density at radius 1 is 0.963 bits per heavy atom. The molecule has 0 unspecified atom stereocenters. The summed E-state index contributed by atoms with van der Waals surface area (Å²) in [5.41, 5.74) is 1.59. The highest BCUT2D eigenvalue weighted by atomic mass is 35.5. The Morgan fingerprint density at radius 3 is 2.33 bits per heavy atom. The maximum absolute atomic E-state index is 12.1. The fraction of sp³-hybridized carbons (Fsp3) is 0.0952. The average Bonchev–Trinajstić information content (AvgIpc) is 3.16. The summed E-state index contributed by atoms with van der Waals surface area (Å²) in [6, 6.07) is 16.4. The van der Waals surface area contributed by atoms with Gasteiger partial charge in [0.25, 0.3) is 0 Å². The lowest BCUT2D eigenvalue weighted by molar-refractivity contribution is 0.0445. The number of hydrogen-bond donors (Lipinski definition) is 0. The van der Waals surface area contributed by atoms with Crippen molar-refractivity contribution in [2.75, 3.05) is 6.61 Å². The van der Waals surface area contributed by atoms with E-state index < -0.39 is 18.4 Å². The van der Waals surface area contributed by atoms with Crippen LogP contribution in [0.1, 0.15) is 38.2 Å². The largest absolute Gasteiger partial charge is 0.451 e. The van der Waals surface area contributed by atoms with Gasteiger partial charge in [-0.3, -0.25) is 9.59 Å². The first kappa shape index (κ1) is 18.6. The number of esters is 1. The van der Waals surface area contributed by atoms with E-state index in [2.05, 4.69) is 0 Å². The molecular formula is C21H15ClO5. The van der Waals surface area contributed by atoms with Crippen molar-refractivity contribution in [1.29, 1.82) is 0 Å². The maximum atomic E-state index is 12.1. The Morgan fingerprint density at radius 2 is 1.67 bits per heavy atom. The number of benzene rings is 2. The quantitative estimate of drug-likeness (QED) is 0.450. The van der Waals surface area contributed by atoms with Gasteiger partial charge in [0.1, 0.15) is 5.76 Å². The third kappa shape index (κ3) is 4.33. The standard InChI is InChI=1S/C21H15ClO5/c1-13(23)14-6-8-15(9-7-14)19-10-11-20(27-19)21(25)26-12-18(24)16-4-2-3-5-17(16)22/h2-11H,12H2,1H3. The fourth-order valence-electron chi connectivity index (χ4n) is 2.44. The van der Waals surface area contributed by atoms with Crippen molar-refractivity contribution >= 4 is 29.1 Å². The fourth-order valence-corrected chi connectivity index (χ4v) is 2.68. The van der Waals surface area contributed by atoms with Crippen molar-refractivity contribution in [3.05, 3.63) is 82.6 Å². The van der Waals surface area contributed by atoms with Gasteiger partial charge in [-0.15, -0.1) is 0 Å². The number of ether oxygens (including phenoxy) is 1. The first-order chi connectivity index (χ1) is 13.0. The molecule has 0 saturated heterocycles. The zero-order valence-electron chi connectivity index (χ0n) is 14.4. The number of rotatable bonds is 6. The molecule has 1 heterocycles. The van der Waals surface area contributed by atoms with Gasteiger partial charge in [-0.05, 0) is 31.2 Å². The molecule has 0 aliphatic heterocycles. The van der Waals surface area contributed by atoms with Crippen molar-refractivity contribution in [2.45, 2.75) is 6.92 Å². The molecule has 136 valence electrons. The molecular weight excluding hydrogens is 368 g/mol. The van der Waals surface area contributed by atoms with E-state index in [1.807, 2.05) is 0 Å². The van der Waals surface area contributed by atoms with E-state index in [9.17, 15) is 14.4 Å². The number of halogens is 1. The van der Waals surface area contributed by atoms with Gasteiger partial charge >= 0.3 is 5.97 Å². The number of ketones is 2. The molecule has 1 aromatic heterocycles. The summed E-state index contributed by atoms with van der Waals surface area (Å²) in [6.45, 7) is 1.05. The number of Topliss-reactive ketones (excluding diaryl/α,β-unsaturated/α-hetero) is 2. The van der Waals surface area contributed by atoms with E-state index in [0.29, 0.717) is 21.9 Å². The van der Waals surface area contributed by atoms with Crippen LogP contribution in [0.25, 0.3) is 11.3 Å². The normalized spacial score (nSPS) is 10.4. The van der Waals surface area contributed by atoms with E-state index in [4.69, 9.17) is 20.8 Å². The molecule has 6 heteroatoms. The van der Waals surface area contributed by atoms with Crippen molar-refractivity contribution in [3.8, 4) is 11.3 Å². The molecule has 27 heavy (non-hydrogen) atoms. The lowest BCUT2D eigenvalue weighted by atomic mass is 10.1. The van der Waals surface area contributed by atoms with Gasteiger partial charge in [0.05, 0.1) is 5.02 Å². The van der Waals surface area contributed by atoms with Crippen LogP contribution in [0, 0.1) is 0 Å². The minimum atomic E-state index is -0.748. The van der Waals surface area contributed by atoms with Crippen LogP contribution in [0.2, 0.25) is 5.02 Å². The molecule has 0 radical (unpaired) electrons. The van der Waals surface area contributed by atoms with E-state index >= 15 is 0 Å². The van der Waals surface area contributed by atoms with Crippen molar-refractivity contribution in [1.82, 2.24) is 0 Å². The molecule has 3 rings (SSSR count). The Labute approximate surface area is 160 Å². The highest BCUT2D eigenvalue weighted by molar-refractivity contribution is 6.34. The van der Waals surface area contributed by atoms with Crippen LogP contribution >= 0.6 is 11.6 Å². The van der Waals surface area contributed by atoms with Crippen LogP contribution in [0.15, 0.2) is 65.1 Å². The molecule has 0 amide bonds. The van der Waals surface area contributed by atoms with Gasteiger partial charge in [-0.25, -0.2) is 4.79 Å². The Kier molecular flexibility index (Phi) is 5.52. The van der Waals surface area contributed by atoms with E-state index in [1.54, 1.807) is 54.6 Å². The second-order valence-electron chi connectivity index (χ2n) is 5.78. The van der Waals surface area contributed by atoms with Crippen molar-refractivity contribution in [3.63, 3.8) is 0 Å². The molecule has 0 atom stereocenters. The molecule has 0 aliphatic carbocycles. The lowest BCUT2D eigenvalue weighted by Gasteiger charge is -2.04. The van der Waals surface area contributed by atoms with Crippen LogP contribution in [0.5, 0.6) is 0 Å². The second-order valence-corrected chi connectivity index (χ2v) is 6.18. The predicted octanol–water partition coefficient (Wildman–Crippen LogP) is 4.84. The summed E-state index contributed by atoms with van der Waals surface area (Å²) in [7, 11) is 0. The maximum Gasteiger partial charge on any atom is 0.374 e. The van der Waals surface area contributed by atoms with Gasteiger partial charge in [0.2, 0.25) is 11.5 Å². The molecule has 0 bridgehead atoms. The van der Waals surface area contributed by atoms with Crippen LogP contribution in [0.4, 0.5) is 0 Å². The van der Waals surface area contributed by atoms with Crippen LogP contribution in [0.3, 0.4) is 0 Å². The zero-order chi connectivity index (χ0) is 19.4. The van der Waals surface area contributed by atoms with Crippen LogP contribution in [-0.2, 0) is 4.74 Å². The minimum Gasteiger partial charge on any atom is -0.451 e. The molecule has 0 spiro atoms. The SMILES string of the molecule is CC(=O)c1ccc(-c2ccc(C(=O)OCC(=O)c3ccccc3Cl)o2)cc1. The summed E-state index contributed by atoms with van der Waals surface area (Å²) in [6.07, 6.45) is 0. The predicted molar refractivity (Wildman–Crippen MR) is 100 cm³/mol. The Balaban J connectivity index is 1.65. The molecule has 3 aromatic rings. The van der Waals surface area contributed by atoms with E-state index in [-0.39, 0.29) is 17.1 Å². The molecule has 0 saturated carbocycles. The molecule has 0 aliphatic rings. The van der Waals surface area contributed by atoms with Crippen molar-refractivity contribution in [2.24, 2.45) is 0 Å². The zero-order valence-corrected chi connectivity index (χ0v) is 15.2.